The molecule has 4 aromatic rings. The van der Waals surface area contributed by atoms with Crippen molar-refractivity contribution in [3.05, 3.63) is 74.1 Å². The molecule has 4 heterocycles. The number of carbonyl (C=O) groups excluding carboxylic acids is 1. The number of hydrogen-bond donors (Lipinski definition) is 1. The second-order valence-electron chi connectivity index (χ2n) is 8.00. The molecular weight excluding hydrogens is 460 g/mol. The van der Waals surface area contributed by atoms with Crippen LogP contribution in [0.25, 0.3) is 16.7 Å². The number of piperazine rings is 1. The van der Waals surface area contributed by atoms with E-state index in [-0.39, 0.29) is 11.5 Å². The fraction of sp³-hybridized carbons (Fsp3) is 0.304. The van der Waals surface area contributed by atoms with E-state index in [4.69, 9.17) is 11.6 Å². The Balaban J connectivity index is 1.21. The minimum absolute atomic E-state index is 0.0770. The lowest BCUT2D eigenvalue weighted by molar-refractivity contribution is -0.133. The highest BCUT2D eigenvalue weighted by Gasteiger charge is 2.22. The van der Waals surface area contributed by atoms with Crippen LogP contribution in [0.3, 0.4) is 0 Å². The van der Waals surface area contributed by atoms with E-state index in [0.717, 1.165) is 29.7 Å². The zero-order valence-electron chi connectivity index (χ0n) is 17.9. The van der Waals surface area contributed by atoms with Gasteiger partial charge in [-0.3, -0.25) is 14.5 Å². The molecule has 8 nitrogen and oxygen atoms in total. The average Bonchev–Trinajstić information content (AvgIpc) is 3.45. The number of nitrogens with one attached hydrogen (secondary N) is 1. The summed E-state index contributed by atoms with van der Waals surface area (Å²) in [7, 11) is 0. The Morgan fingerprint density at radius 1 is 1.09 bits per heavy atom. The maximum absolute atomic E-state index is 12.8. The predicted octanol–water partition coefficient (Wildman–Crippen LogP) is 3.10. The van der Waals surface area contributed by atoms with Crippen LogP contribution in [0.4, 0.5) is 0 Å². The van der Waals surface area contributed by atoms with Gasteiger partial charge in [0.05, 0.1) is 16.2 Å². The maximum Gasteiger partial charge on any atom is 0.262 e. The number of nitrogens with zero attached hydrogens (tertiary/aromatic N) is 5. The van der Waals surface area contributed by atoms with E-state index in [2.05, 4.69) is 26.0 Å². The average molecular weight is 483 g/mol. The lowest BCUT2D eigenvalue weighted by Crippen LogP contribution is -2.48. The number of amides is 1. The number of rotatable bonds is 6. The molecule has 0 unspecified atom stereocenters. The molecule has 5 rings (SSSR count). The molecule has 10 heteroatoms. The van der Waals surface area contributed by atoms with Crippen LogP contribution in [0.2, 0.25) is 4.34 Å². The number of halogens is 1. The van der Waals surface area contributed by atoms with E-state index < -0.39 is 0 Å². The smallest absolute Gasteiger partial charge is 0.262 e. The molecule has 1 aromatic carbocycles. The van der Waals surface area contributed by atoms with E-state index in [0.29, 0.717) is 42.8 Å². The van der Waals surface area contributed by atoms with Crippen LogP contribution in [0.5, 0.6) is 0 Å². The molecule has 1 N–H and O–H groups in total. The van der Waals surface area contributed by atoms with Crippen molar-refractivity contribution < 1.29 is 4.79 Å². The number of fused-ring (bicyclic) bond motifs is 1. The second-order valence-corrected chi connectivity index (χ2v) is 9.80. The first-order valence-corrected chi connectivity index (χ1v) is 12.0. The quantitative estimate of drug-likeness (QED) is 0.456. The summed E-state index contributed by atoms with van der Waals surface area (Å²) >= 11 is 7.62. The lowest BCUT2D eigenvalue weighted by Gasteiger charge is -2.34. The largest absolute Gasteiger partial charge is 0.340 e. The standard InChI is InChI=1S/C23H23ClN6O2S/c24-19-7-6-17(33-19)15-28-10-12-29(13-11-28)21(31)9-8-20-26-22-18(23(32)27-20)14-25-30(22)16-4-2-1-3-5-16/h1-7,14H,8-13,15H2,(H,26,27,32). The molecule has 1 fully saturated rings. The van der Waals surface area contributed by atoms with Gasteiger partial charge in [-0.05, 0) is 24.3 Å². The Kier molecular flexibility index (Phi) is 6.26. The van der Waals surface area contributed by atoms with Crippen molar-refractivity contribution in [2.24, 2.45) is 0 Å². The van der Waals surface area contributed by atoms with Crippen LogP contribution < -0.4 is 5.56 Å². The fourth-order valence-electron chi connectivity index (χ4n) is 4.04. The Labute approximate surface area is 199 Å². The Morgan fingerprint density at radius 2 is 1.88 bits per heavy atom. The minimum atomic E-state index is -0.244. The summed E-state index contributed by atoms with van der Waals surface area (Å²) in [6.07, 6.45) is 2.19. The number of carbonyl (C=O) groups is 1. The number of thiophene rings is 1. The highest BCUT2D eigenvalue weighted by Crippen LogP contribution is 2.23. The molecule has 0 bridgehead atoms. The van der Waals surface area contributed by atoms with Crippen molar-refractivity contribution in [2.45, 2.75) is 19.4 Å². The normalized spacial score (nSPS) is 14.8. The van der Waals surface area contributed by atoms with Crippen LogP contribution in [0.15, 0.2) is 53.5 Å². The number of aryl methyl sites for hydroxylation is 1. The SMILES string of the molecule is O=C(CCc1nc2c(cnn2-c2ccccc2)c(=O)[nH]1)N1CCN(Cc2ccc(Cl)s2)CC1. The van der Waals surface area contributed by atoms with Gasteiger partial charge < -0.3 is 9.88 Å². The molecule has 0 atom stereocenters. The van der Waals surface area contributed by atoms with Gasteiger partial charge in [0, 0.05) is 50.4 Å². The van der Waals surface area contributed by atoms with Gasteiger partial charge in [-0.2, -0.15) is 5.10 Å². The molecule has 0 spiro atoms. The molecule has 1 aliphatic rings. The van der Waals surface area contributed by atoms with Crippen LogP contribution >= 0.6 is 22.9 Å². The summed E-state index contributed by atoms with van der Waals surface area (Å²) in [6, 6.07) is 13.5. The van der Waals surface area contributed by atoms with Gasteiger partial charge in [-0.15, -0.1) is 11.3 Å². The minimum Gasteiger partial charge on any atom is -0.340 e. The number of para-hydroxylation sites is 1. The first-order valence-electron chi connectivity index (χ1n) is 10.8. The number of aromatic nitrogens is 4. The number of benzene rings is 1. The van der Waals surface area contributed by atoms with Crippen molar-refractivity contribution in [1.82, 2.24) is 29.5 Å². The molecule has 1 saturated heterocycles. The van der Waals surface area contributed by atoms with Gasteiger partial charge in [0.15, 0.2) is 5.65 Å². The van der Waals surface area contributed by atoms with Crippen molar-refractivity contribution in [1.29, 1.82) is 0 Å². The van der Waals surface area contributed by atoms with Gasteiger partial charge in [0.25, 0.3) is 5.56 Å². The van der Waals surface area contributed by atoms with Crippen molar-refractivity contribution >= 4 is 39.9 Å². The summed E-state index contributed by atoms with van der Waals surface area (Å²) in [5, 5.41) is 4.75. The van der Waals surface area contributed by atoms with Gasteiger partial charge >= 0.3 is 0 Å². The van der Waals surface area contributed by atoms with E-state index in [1.54, 1.807) is 16.0 Å². The van der Waals surface area contributed by atoms with Crippen molar-refractivity contribution in [3.8, 4) is 5.69 Å². The van der Waals surface area contributed by atoms with Gasteiger partial charge in [0.2, 0.25) is 5.91 Å². The molecule has 33 heavy (non-hydrogen) atoms. The van der Waals surface area contributed by atoms with E-state index in [1.807, 2.05) is 41.3 Å². The van der Waals surface area contributed by atoms with Gasteiger partial charge in [-0.25, -0.2) is 9.67 Å². The van der Waals surface area contributed by atoms with Crippen molar-refractivity contribution in [3.63, 3.8) is 0 Å². The Hall–Kier alpha value is -3.01. The van der Waals surface area contributed by atoms with Gasteiger partial charge in [-0.1, -0.05) is 29.8 Å². The molecule has 1 amide bonds. The summed E-state index contributed by atoms with van der Waals surface area (Å²) in [4.78, 5) is 38.2. The zero-order valence-corrected chi connectivity index (χ0v) is 19.5. The molecule has 170 valence electrons. The lowest BCUT2D eigenvalue weighted by atomic mass is 10.2. The molecule has 1 aliphatic heterocycles. The van der Waals surface area contributed by atoms with Crippen molar-refractivity contribution in [2.75, 3.05) is 26.2 Å². The third-order valence-electron chi connectivity index (χ3n) is 5.80. The van der Waals surface area contributed by atoms with Crippen LogP contribution in [0, 0.1) is 0 Å². The summed E-state index contributed by atoms with van der Waals surface area (Å²) in [6.45, 7) is 3.92. The Morgan fingerprint density at radius 3 is 2.61 bits per heavy atom. The highest BCUT2D eigenvalue weighted by atomic mass is 35.5. The zero-order chi connectivity index (χ0) is 22.8. The maximum atomic E-state index is 12.8. The Bertz CT molecular complexity index is 1320. The fourth-order valence-corrected chi connectivity index (χ4v) is 5.17. The van der Waals surface area contributed by atoms with Crippen LogP contribution in [-0.4, -0.2) is 61.6 Å². The number of aromatic amines is 1. The van der Waals surface area contributed by atoms with Crippen LogP contribution in [-0.2, 0) is 17.8 Å². The highest BCUT2D eigenvalue weighted by molar-refractivity contribution is 7.16. The molecular formula is C23H23ClN6O2S. The third-order valence-corrected chi connectivity index (χ3v) is 7.01. The molecule has 0 saturated carbocycles. The number of H-pyrrole nitrogens is 1. The van der Waals surface area contributed by atoms with Crippen LogP contribution in [0.1, 0.15) is 17.1 Å². The first-order chi connectivity index (χ1) is 16.1. The summed E-state index contributed by atoms with van der Waals surface area (Å²) in [5.41, 5.74) is 1.08. The number of hydrogen-bond acceptors (Lipinski definition) is 6. The predicted molar refractivity (Wildman–Crippen MR) is 129 cm³/mol. The molecule has 0 aliphatic carbocycles. The molecule has 0 radical (unpaired) electrons. The van der Waals surface area contributed by atoms with E-state index in [9.17, 15) is 9.59 Å². The summed E-state index contributed by atoms with van der Waals surface area (Å²) in [5.74, 6) is 0.569. The summed E-state index contributed by atoms with van der Waals surface area (Å²) < 4.78 is 2.45. The second kappa shape index (κ2) is 9.46. The monoisotopic (exact) mass is 482 g/mol. The van der Waals surface area contributed by atoms with E-state index >= 15 is 0 Å². The molecule has 3 aromatic heterocycles. The van der Waals surface area contributed by atoms with E-state index in [1.165, 1.54) is 11.1 Å². The topological polar surface area (TPSA) is 87.1 Å². The van der Waals surface area contributed by atoms with Gasteiger partial charge in [0.1, 0.15) is 11.2 Å². The first kappa shape index (κ1) is 21.8. The third kappa shape index (κ3) is 4.85.